The highest BCUT2D eigenvalue weighted by atomic mass is 15.0. The van der Waals surface area contributed by atoms with Crippen molar-refractivity contribution in [3.8, 4) is 0 Å². The first-order valence-electron chi connectivity index (χ1n) is 7.39. The summed E-state index contributed by atoms with van der Waals surface area (Å²) in [7, 11) is 0. The maximum absolute atomic E-state index is 3.73. The molecule has 1 aromatic carbocycles. The normalized spacial score (nSPS) is 31.6. The summed E-state index contributed by atoms with van der Waals surface area (Å²) < 4.78 is 0. The van der Waals surface area contributed by atoms with Crippen molar-refractivity contribution in [3.05, 3.63) is 35.4 Å². The van der Waals surface area contributed by atoms with Crippen molar-refractivity contribution in [2.45, 2.75) is 69.9 Å². The monoisotopic (exact) mass is 243 g/mol. The zero-order chi connectivity index (χ0) is 12.8. The summed E-state index contributed by atoms with van der Waals surface area (Å²) in [5.41, 5.74) is 3.27. The summed E-state index contributed by atoms with van der Waals surface area (Å²) in [5.74, 6) is 0.790. The van der Waals surface area contributed by atoms with Crippen LogP contribution >= 0.6 is 0 Å². The van der Waals surface area contributed by atoms with Crippen LogP contribution in [0.1, 0.15) is 63.5 Å². The van der Waals surface area contributed by atoms with Crippen LogP contribution in [0.15, 0.2) is 24.3 Å². The lowest BCUT2D eigenvalue weighted by Crippen LogP contribution is -2.37. The molecule has 2 saturated heterocycles. The number of fused-ring (bicyclic) bond motifs is 2. The van der Waals surface area contributed by atoms with Gasteiger partial charge in [-0.3, -0.25) is 0 Å². The van der Waals surface area contributed by atoms with Gasteiger partial charge < -0.3 is 5.32 Å². The van der Waals surface area contributed by atoms with Crippen LogP contribution in [0.3, 0.4) is 0 Å². The lowest BCUT2D eigenvalue weighted by molar-refractivity contribution is 0.363. The molecule has 1 N–H and O–H groups in total. The molecule has 1 nitrogen and oxygen atoms in total. The van der Waals surface area contributed by atoms with E-state index in [1.165, 1.54) is 31.2 Å². The van der Waals surface area contributed by atoms with E-state index >= 15 is 0 Å². The first kappa shape index (κ1) is 12.2. The van der Waals surface area contributed by atoms with Crippen LogP contribution in [0.2, 0.25) is 0 Å². The van der Waals surface area contributed by atoms with Crippen molar-refractivity contribution >= 4 is 0 Å². The Morgan fingerprint density at radius 2 is 1.50 bits per heavy atom. The maximum Gasteiger partial charge on any atom is 0.00760 e. The first-order chi connectivity index (χ1) is 8.52. The van der Waals surface area contributed by atoms with Crippen molar-refractivity contribution in [3.63, 3.8) is 0 Å². The molecule has 2 heterocycles. The lowest BCUT2D eigenvalue weighted by atomic mass is 9.82. The number of hydrogen-bond acceptors (Lipinski definition) is 1. The smallest absolute Gasteiger partial charge is 0.00760 e. The molecule has 2 aliphatic rings. The van der Waals surface area contributed by atoms with Gasteiger partial charge in [-0.15, -0.1) is 0 Å². The van der Waals surface area contributed by atoms with E-state index in [1.54, 1.807) is 5.56 Å². The number of nitrogens with one attached hydrogen (secondary N) is 1. The zero-order valence-corrected chi connectivity index (χ0v) is 11.9. The maximum atomic E-state index is 3.73. The Morgan fingerprint density at radius 3 is 2.00 bits per heavy atom. The Labute approximate surface area is 111 Å². The van der Waals surface area contributed by atoms with E-state index < -0.39 is 0 Å². The largest absolute Gasteiger partial charge is 0.311 e. The summed E-state index contributed by atoms with van der Waals surface area (Å²) >= 11 is 0. The van der Waals surface area contributed by atoms with Crippen LogP contribution < -0.4 is 5.32 Å². The van der Waals surface area contributed by atoms with Crippen LogP contribution in [0.4, 0.5) is 0 Å². The number of rotatable bonds is 1. The molecule has 0 aliphatic carbocycles. The number of piperidine rings is 1. The molecule has 2 aliphatic heterocycles. The minimum Gasteiger partial charge on any atom is -0.311 e. The summed E-state index contributed by atoms with van der Waals surface area (Å²) in [6.45, 7) is 6.85. The molecule has 1 unspecified atom stereocenters. The van der Waals surface area contributed by atoms with Gasteiger partial charge >= 0.3 is 0 Å². The van der Waals surface area contributed by atoms with Crippen molar-refractivity contribution in [1.82, 2.24) is 5.32 Å². The van der Waals surface area contributed by atoms with Gasteiger partial charge in [0.05, 0.1) is 0 Å². The van der Waals surface area contributed by atoms with Crippen LogP contribution in [0.25, 0.3) is 0 Å². The fraction of sp³-hybridized carbons (Fsp3) is 0.647. The van der Waals surface area contributed by atoms with E-state index in [-0.39, 0.29) is 5.41 Å². The highest BCUT2D eigenvalue weighted by molar-refractivity contribution is 5.30. The molecule has 1 heteroatoms. The van der Waals surface area contributed by atoms with Gasteiger partial charge in [0.1, 0.15) is 0 Å². The van der Waals surface area contributed by atoms with Crippen molar-refractivity contribution in [2.75, 3.05) is 0 Å². The van der Waals surface area contributed by atoms with Gasteiger partial charge in [0.25, 0.3) is 0 Å². The van der Waals surface area contributed by atoms with E-state index in [0.717, 1.165) is 18.0 Å². The fourth-order valence-corrected chi connectivity index (χ4v) is 3.58. The van der Waals surface area contributed by atoms with Gasteiger partial charge in [0.15, 0.2) is 0 Å². The molecule has 98 valence electrons. The molecule has 3 rings (SSSR count). The molecule has 0 aromatic heterocycles. The average Bonchev–Trinajstić information content (AvgIpc) is 2.67. The molecule has 0 saturated carbocycles. The molecule has 0 amide bonds. The highest BCUT2D eigenvalue weighted by Crippen LogP contribution is 2.37. The summed E-state index contributed by atoms with van der Waals surface area (Å²) in [6, 6.07) is 11.0. The minimum absolute atomic E-state index is 0.270. The average molecular weight is 243 g/mol. The predicted molar refractivity (Wildman–Crippen MR) is 77.1 cm³/mol. The van der Waals surface area contributed by atoms with E-state index in [0.29, 0.717) is 0 Å². The third-order valence-corrected chi connectivity index (χ3v) is 4.72. The van der Waals surface area contributed by atoms with Gasteiger partial charge in [0.2, 0.25) is 0 Å². The van der Waals surface area contributed by atoms with Gasteiger partial charge in [-0.2, -0.15) is 0 Å². The second kappa shape index (κ2) is 4.38. The topological polar surface area (TPSA) is 12.0 Å². The standard InChI is InChI=1S/C17H25N/c1-17(2,3)14-6-4-12(5-7-14)13-10-15-8-9-16(11-13)18-15/h4-7,13,15-16,18H,8-11H2,1-3H3/t13?,15-,16+. The molecule has 0 radical (unpaired) electrons. The fourth-order valence-electron chi connectivity index (χ4n) is 3.58. The van der Waals surface area contributed by atoms with Crippen molar-refractivity contribution < 1.29 is 0 Å². The molecule has 18 heavy (non-hydrogen) atoms. The van der Waals surface area contributed by atoms with E-state index in [1.807, 2.05) is 0 Å². The zero-order valence-electron chi connectivity index (χ0n) is 11.9. The summed E-state index contributed by atoms with van der Waals surface area (Å²) in [4.78, 5) is 0. The minimum atomic E-state index is 0.270. The SMILES string of the molecule is CC(C)(C)c1ccc(C2C[C@H]3CC[C@@H](C2)N3)cc1. The molecule has 2 fully saturated rings. The third kappa shape index (κ3) is 2.33. The quantitative estimate of drug-likeness (QED) is 0.786. The van der Waals surface area contributed by atoms with Crippen molar-refractivity contribution in [2.24, 2.45) is 0 Å². The highest BCUT2D eigenvalue weighted by Gasteiger charge is 2.33. The van der Waals surface area contributed by atoms with Crippen LogP contribution in [-0.4, -0.2) is 12.1 Å². The first-order valence-corrected chi connectivity index (χ1v) is 7.39. The lowest BCUT2D eigenvalue weighted by Gasteiger charge is -2.30. The van der Waals surface area contributed by atoms with Crippen LogP contribution in [0.5, 0.6) is 0 Å². The summed E-state index contributed by atoms with van der Waals surface area (Å²) in [5, 5.41) is 3.73. The van der Waals surface area contributed by atoms with Crippen LogP contribution in [0, 0.1) is 0 Å². The van der Waals surface area contributed by atoms with Gasteiger partial charge in [-0.1, -0.05) is 45.0 Å². The van der Waals surface area contributed by atoms with E-state index in [4.69, 9.17) is 0 Å². The predicted octanol–water partition coefficient (Wildman–Crippen LogP) is 3.98. The summed E-state index contributed by atoms with van der Waals surface area (Å²) in [6.07, 6.45) is 5.46. The molecule has 2 bridgehead atoms. The third-order valence-electron chi connectivity index (χ3n) is 4.72. The molecular weight excluding hydrogens is 218 g/mol. The van der Waals surface area contributed by atoms with Gasteiger partial charge in [-0.25, -0.2) is 0 Å². The van der Waals surface area contributed by atoms with Crippen LogP contribution in [-0.2, 0) is 5.41 Å². The Morgan fingerprint density at radius 1 is 0.944 bits per heavy atom. The second-order valence-electron chi connectivity index (χ2n) is 7.18. The van der Waals surface area contributed by atoms with Gasteiger partial charge in [-0.05, 0) is 48.1 Å². The Hall–Kier alpha value is -0.820. The van der Waals surface area contributed by atoms with Gasteiger partial charge in [0, 0.05) is 12.1 Å². The number of benzene rings is 1. The molecule has 3 atom stereocenters. The van der Waals surface area contributed by atoms with E-state index in [9.17, 15) is 0 Å². The molecule has 1 aromatic rings. The number of hydrogen-bond donors (Lipinski definition) is 1. The Bertz CT molecular complexity index is 400. The van der Waals surface area contributed by atoms with E-state index in [2.05, 4.69) is 50.4 Å². The Kier molecular flexibility index (Phi) is 2.97. The second-order valence-corrected chi connectivity index (χ2v) is 7.18. The Balaban J connectivity index is 1.77. The van der Waals surface area contributed by atoms with Crippen molar-refractivity contribution in [1.29, 1.82) is 0 Å². The molecule has 0 spiro atoms. The molecular formula is C17H25N.